The first-order chi connectivity index (χ1) is 16.4. The highest BCUT2D eigenvalue weighted by Crippen LogP contribution is 2.42. The Balaban J connectivity index is 1.39. The number of alkyl halides is 3. The molecular formula is C24H24F3N5OS. The number of ether oxygens (including phenoxy) is 1. The third-order valence-corrected chi connectivity index (χ3v) is 6.97. The Hall–Kier alpha value is -3.11. The Morgan fingerprint density at radius 3 is 2.71 bits per heavy atom. The van der Waals surface area contributed by atoms with Crippen molar-refractivity contribution in [1.82, 2.24) is 15.2 Å². The van der Waals surface area contributed by atoms with Gasteiger partial charge in [0.2, 0.25) is 5.01 Å². The fourth-order valence-electron chi connectivity index (χ4n) is 4.21. The van der Waals surface area contributed by atoms with Gasteiger partial charge in [-0.3, -0.25) is 0 Å². The molecule has 3 aromatic rings. The van der Waals surface area contributed by atoms with Crippen LogP contribution in [-0.2, 0) is 12.6 Å². The first-order valence-electron chi connectivity index (χ1n) is 11.0. The molecule has 0 unspecified atom stereocenters. The van der Waals surface area contributed by atoms with Gasteiger partial charge in [0.05, 0.1) is 18.5 Å². The number of para-hydroxylation sites is 2. The number of nitrogens with zero attached hydrogens (tertiary/aromatic N) is 3. The SMILES string of the molecule is COc1ccc(CC[C@H]2CN(C3=Nc4ccccc4Nc4sc(C(F)(F)F)nc43)CCN2)cc1. The minimum atomic E-state index is -4.51. The number of nitrogens with one attached hydrogen (secondary N) is 2. The summed E-state index contributed by atoms with van der Waals surface area (Å²) in [6, 6.07) is 15.5. The Bertz CT molecular complexity index is 1190. The largest absolute Gasteiger partial charge is 0.497 e. The highest BCUT2D eigenvalue weighted by atomic mass is 32.1. The maximum absolute atomic E-state index is 13.5. The predicted octanol–water partition coefficient (Wildman–Crippen LogP) is 5.21. The summed E-state index contributed by atoms with van der Waals surface area (Å²) < 4.78 is 45.6. The van der Waals surface area contributed by atoms with E-state index in [1.54, 1.807) is 7.11 Å². The summed E-state index contributed by atoms with van der Waals surface area (Å²) >= 11 is 0.618. The van der Waals surface area contributed by atoms with Crippen LogP contribution in [0.4, 0.5) is 29.5 Å². The molecule has 1 fully saturated rings. The zero-order valence-corrected chi connectivity index (χ0v) is 19.3. The van der Waals surface area contributed by atoms with Crippen LogP contribution in [0.25, 0.3) is 0 Å². The van der Waals surface area contributed by atoms with Gasteiger partial charge in [0.25, 0.3) is 0 Å². The number of hydrogen-bond acceptors (Lipinski definition) is 7. The van der Waals surface area contributed by atoms with Crippen molar-refractivity contribution in [2.75, 3.05) is 32.1 Å². The van der Waals surface area contributed by atoms with Gasteiger partial charge in [0.1, 0.15) is 16.4 Å². The third kappa shape index (κ3) is 4.74. The monoisotopic (exact) mass is 487 g/mol. The molecule has 0 aliphatic carbocycles. The number of aryl methyl sites for hydroxylation is 1. The molecule has 1 saturated heterocycles. The van der Waals surface area contributed by atoms with Crippen LogP contribution in [0.3, 0.4) is 0 Å². The van der Waals surface area contributed by atoms with Gasteiger partial charge < -0.3 is 20.3 Å². The lowest BCUT2D eigenvalue weighted by atomic mass is 10.0. The summed E-state index contributed by atoms with van der Waals surface area (Å²) in [5.74, 6) is 1.30. The standard InChI is InChI=1S/C24H24F3N5OS/c1-33-17-10-7-15(8-11-17)6-9-16-14-32(13-12-28-16)21-20-22(34-23(31-20)24(25,26)27)30-19-5-3-2-4-18(19)29-21/h2-5,7-8,10-11,16,28,30H,6,9,12-14H2,1H3/t16-/m0/s1. The predicted molar refractivity (Wildman–Crippen MR) is 128 cm³/mol. The van der Waals surface area contributed by atoms with Crippen LogP contribution < -0.4 is 15.4 Å². The quantitative estimate of drug-likeness (QED) is 0.529. The number of benzene rings is 2. The van der Waals surface area contributed by atoms with E-state index in [1.807, 2.05) is 36.4 Å². The molecule has 3 heterocycles. The summed E-state index contributed by atoms with van der Waals surface area (Å²) in [6.07, 6.45) is -2.73. The summed E-state index contributed by atoms with van der Waals surface area (Å²) in [7, 11) is 1.64. The van der Waals surface area contributed by atoms with Crippen LogP contribution >= 0.6 is 11.3 Å². The number of thiazole rings is 1. The Morgan fingerprint density at radius 1 is 1.15 bits per heavy atom. The number of rotatable bonds is 4. The highest BCUT2D eigenvalue weighted by Gasteiger charge is 2.38. The number of aliphatic imine (C=N–C) groups is 1. The minimum Gasteiger partial charge on any atom is -0.497 e. The molecule has 6 nitrogen and oxygen atoms in total. The van der Waals surface area contributed by atoms with Crippen LogP contribution in [0.5, 0.6) is 5.75 Å². The van der Waals surface area contributed by atoms with Gasteiger partial charge >= 0.3 is 6.18 Å². The zero-order valence-electron chi connectivity index (χ0n) is 18.5. The Morgan fingerprint density at radius 2 is 1.94 bits per heavy atom. The second-order valence-electron chi connectivity index (χ2n) is 8.26. The van der Waals surface area contributed by atoms with Gasteiger partial charge in [-0.25, -0.2) is 9.98 Å². The second-order valence-corrected chi connectivity index (χ2v) is 9.25. The average molecular weight is 488 g/mol. The lowest BCUT2D eigenvalue weighted by Crippen LogP contribution is -2.53. The normalized spacial score (nSPS) is 17.8. The molecule has 2 N–H and O–H groups in total. The van der Waals surface area contributed by atoms with E-state index < -0.39 is 11.2 Å². The summed E-state index contributed by atoms with van der Waals surface area (Å²) in [6.45, 7) is 1.99. The van der Waals surface area contributed by atoms with Crippen LogP contribution in [0, 0.1) is 0 Å². The number of fused-ring (bicyclic) bond motifs is 2. The van der Waals surface area contributed by atoms with Crippen LogP contribution in [0.1, 0.15) is 22.7 Å². The van der Waals surface area contributed by atoms with E-state index in [1.165, 1.54) is 5.56 Å². The third-order valence-electron chi connectivity index (χ3n) is 5.96. The lowest BCUT2D eigenvalue weighted by molar-refractivity contribution is -0.137. The number of piperazine rings is 1. The van der Waals surface area contributed by atoms with Gasteiger partial charge in [-0.1, -0.05) is 35.6 Å². The van der Waals surface area contributed by atoms with Crippen LogP contribution in [0.15, 0.2) is 53.5 Å². The highest BCUT2D eigenvalue weighted by molar-refractivity contribution is 7.16. The molecule has 1 aromatic heterocycles. The van der Waals surface area contributed by atoms with Crippen molar-refractivity contribution in [2.45, 2.75) is 25.1 Å². The maximum Gasteiger partial charge on any atom is 0.443 e. The number of halogens is 3. The van der Waals surface area contributed by atoms with Crippen LogP contribution in [-0.4, -0.2) is 48.5 Å². The van der Waals surface area contributed by atoms with Crippen molar-refractivity contribution < 1.29 is 17.9 Å². The fraction of sp³-hybridized carbons (Fsp3) is 0.333. The number of amidine groups is 1. The number of hydrogen-bond donors (Lipinski definition) is 2. The van der Waals surface area contributed by atoms with Gasteiger partial charge in [-0.05, 0) is 42.7 Å². The van der Waals surface area contributed by atoms with Crippen molar-refractivity contribution in [3.8, 4) is 5.75 Å². The van der Waals surface area contributed by atoms with E-state index in [-0.39, 0.29) is 11.7 Å². The lowest BCUT2D eigenvalue weighted by Gasteiger charge is -2.35. The molecule has 0 bridgehead atoms. The van der Waals surface area contributed by atoms with E-state index in [4.69, 9.17) is 9.73 Å². The summed E-state index contributed by atoms with van der Waals surface area (Å²) in [5.41, 5.74) is 2.82. The zero-order chi connectivity index (χ0) is 23.7. The molecule has 0 radical (unpaired) electrons. The van der Waals surface area contributed by atoms with Gasteiger partial charge in [0.15, 0.2) is 5.84 Å². The van der Waals surface area contributed by atoms with Gasteiger partial charge in [-0.2, -0.15) is 13.2 Å². The minimum absolute atomic E-state index is 0.175. The molecule has 34 heavy (non-hydrogen) atoms. The van der Waals surface area contributed by atoms with Crippen molar-refractivity contribution in [3.05, 3.63) is 64.8 Å². The topological polar surface area (TPSA) is 61.8 Å². The van der Waals surface area contributed by atoms with E-state index in [9.17, 15) is 13.2 Å². The molecule has 0 spiro atoms. The molecule has 10 heteroatoms. The Kier molecular flexibility index (Phi) is 6.18. The van der Waals surface area contributed by atoms with Crippen LogP contribution in [0.2, 0.25) is 0 Å². The fourth-order valence-corrected chi connectivity index (χ4v) is 5.05. The molecule has 178 valence electrons. The van der Waals surface area contributed by atoms with Crippen molar-refractivity contribution in [3.63, 3.8) is 0 Å². The smallest absolute Gasteiger partial charge is 0.443 e. The molecule has 5 rings (SSSR count). The van der Waals surface area contributed by atoms with E-state index in [0.29, 0.717) is 53.2 Å². The number of methoxy groups -OCH3 is 1. The van der Waals surface area contributed by atoms with Crippen molar-refractivity contribution >= 4 is 33.5 Å². The van der Waals surface area contributed by atoms with Gasteiger partial charge in [0, 0.05) is 25.7 Å². The van der Waals surface area contributed by atoms with Gasteiger partial charge in [-0.15, -0.1) is 0 Å². The molecule has 0 saturated carbocycles. The molecule has 2 aliphatic rings. The number of aromatic nitrogens is 1. The Labute approximate surface area is 199 Å². The second kappa shape index (κ2) is 9.27. The maximum atomic E-state index is 13.5. The van der Waals surface area contributed by atoms with E-state index >= 15 is 0 Å². The van der Waals surface area contributed by atoms with Crippen molar-refractivity contribution in [1.29, 1.82) is 0 Å². The molecule has 0 amide bonds. The number of anilines is 2. The summed E-state index contributed by atoms with van der Waals surface area (Å²) in [4.78, 5) is 10.8. The first-order valence-corrected chi connectivity index (χ1v) is 11.9. The molecule has 2 aromatic carbocycles. The molecular weight excluding hydrogens is 463 g/mol. The molecule has 2 aliphatic heterocycles. The molecule has 1 atom stereocenters. The first kappa shape index (κ1) is 22.7. The van der Waals surface area contributed by atoms with E-state index in [0.717, 1.165) is 18.6 Å². The van der Waals surface area contributed by atoms with Crippen molar-refractivity contribution in [2.24, 2.45) is 4.99 Å². The average Bonchev–Trinajstić information content (AvgIpc) is 3.20. The summed E-state index contributed by atoms with van der Waals surface area (Å²) in [5, 5.41) is 6.15. The van der Waals surface area contributed by atoms with E-state index in [2.05, 4.69) is 32.7 Å².